The molecule has 0 amide bonds. The zero-order chi connectivity index (χ0) is 8.85. The summed E-state index contributed by atoms with van der Waals surface area (Å²) in [5.74, 6) is 0.0810. The molecule has 0 unspecified atom stereocenters. The van der Waals surface area contributed by atoms with E-state index in [2.05, 4.69) is 6.58 Å². The fraction of sp³-hybridized carbons (Fsp3) is 0.625. The van der Waals surface area contributed by atoms with Crippen molar-refractivity contribution in [3.05, 3.63) is 12.7 Å². The second-order valence-electron chi connectivity index (χ2n) is 2.39. The number of allylic oxidation sites excluding steroid dienone is 1. The van der Waals surface area contributed by atoms with E-state index in [4.69, 9.17) is 12.2 Å². The lowest BCUT2D eigenvalue weighted by atomic mass is 10.0. The van der Waals surface area contributed by atoms with Crippen LogP contribution in [0.3, 0.4) is 0 Å². The average molecular weight is 190 g/mol. The van der Waals surface area contributed by atoms with E-state index >= 15 is 0 Å². The third-order valence-electron chi connectivity index (χ3n) is 1.51. The Hall–Kier alpha value is 0.140. The minimum atomic E-state index is -0.368. The third kappa shape index (κ3) is 3.89. The van der Waals surface area contributed by atoms with Crippen molar-refractivity contribution < 1.29 is 5.11 Å². The van der Waals surface area contributed by atoms with Crippen LogP contribution in [-0.2, 0) is 0 Å². The highest BCUT2D eigenvalue weighted by Crippen LogP contribution is 2.18. The Morgan fingerprint density at radius 3 is 2.64 bits per heavy atom. The molecule has 0 aromatic heterocycles. The van der Waals surface area contributed by atoms with Gasteiger partial charge in [0.05, 0.1) is 10.3 Å². The molecule has 0 aliphatic carbocycles. The van der Waals surface area contributed by atoms with E-state index in [0.717, 1.165) is 10.6 Å². The van der Waals surface area contributed by atoms with Gasteiger partial charge in [-0.25, -0.2) is 0 Å². The van der Waals surface area contributed by atoms with Crippen molar-refractivity contribution in [1.29, 1.82) is 0 Å². The largest absolute Gasteiger partial charge is 0.393 e. The van der Waals surface area contributed by atoms with Crippen molar-refractivity contribution in [2.75, 3.05) is 6.26 Å². The Morgan fingerprint density at radius 2 is 2.36 bits per heavy atom. The van der Waals surface area contributed by atoms with Crippen molar-refractivity contribution in [3.8, 4) is 0 Å². The smallest absolute Gasteiger partial charge is 0.0596 e. The predicted octanol–water partition coefficient (Wildman–Crippen LogP) is 2.25. The lowest BCUT2D eigenvalue weighted by molar-refractivity contribution is 0.161. The number of aliphatic hydroxyl groups is 1. The molecule has 0 aliphatic rings. The van der Waals surface area contributed by atoms with Crippen LogP contribution in [0.5, 0.6) is 0 Å². The van der Waals surface area contributed by atoms with Gasteiger partial charge in [0.15, 0.2) is 0 Å². The molecule has 0 aromatic rings. The first-order valence-corrected chi connectivity index (χ1v) is 5.13. The van der Waals surface area contributed by atoms with E-state index in [-0.39, 0.29) is 12.0 Å². The third-order valence-corrected chi connectivity index (χ3v) is 3.01. The van der Waals surface area contributed by atoms with Gasteiger partial charge < -0.3 is 5.11 Å². The van der Waals surface area contributed by atoms with Crippen LogP contribution in [0.4, 0.5) is 0 Å². The Morgan fingerprint density at radius 1 is 1.82 bits per heavy atom. The Labute approximate surface area is 77.9 Å². The molecule has 0 radical (unpaired) electrons. The quantitative estimate of drug-likeness (QED) is 0.542. The van der Waals surface area contributed by atoms with Crippen LogP contribution < -0.4 is 0 Å². The Kier molecular flexibility index (Phi) is 5.82. The van der Waals surface area contributed by atoms with Gasteiger partial charge in [-0.3, -0.25) is 0 Å². The molecule has 11 heavy (non-hydrogen) atoms. The van der Waals surface area contributed by atoms with Gasteiger partial charge in [0.2, 0.25) is 0 Å². The highest BCUT2D eigenvalue weighted by molar-refractivity contribution is 8.22. The van der Waals surface area contributed by atoms with Crippen LogP contribution in [0.2, 0.25) is 0 Å². The molecule has 3 heteroatoms. The van der Waals surface area contributed by atoms with E-state index in [1.807, 2.05) is 6.26 Å². The first-order valence-electron chi connectivity index (χ1n) is 3.50. The minimum Gasteiger partial charge on any atom is -0.393 e. The van der Waals surface area contributed by atoms with Gasteiger partial charge in [-0.1, -0.05) is 18.3 Å². The molecule has 0 rings (SSSR count). The van der Waals surface area contributed by atoms with Gasteiger partial charge in [-0.15, -0.1) is 18.3 Å². The first-order chi connectivity index (χ1) is 5.13. The SMILES string of the molecule is C=CC[C@H](C(=S)SC)[C@@H](C)O. The molecule has 0 aromatic carbocycles. The summed E-state index contributed by atoms with van der Waals surface area (Å²) < 4.78 is 0.861. The fourth-order valence-corrected chi connectivity index (χ4v) is 1.71. The van der Waals surface area contributed by atoms with Gasteiger partial charge in [0.25, 0.3) is 0 Å². The second kappa shape index (κ2) is 5.75. The second-order valence-corrected chi connectivity index (χ2v) is 3.94. The maximum atomic E-state index is 9.30. The van der Waals surface area contributed by atoms with Crippen LogP contribution >= 0.6 is 24.0 Å². The molecule has 1 nitrogen and oxygen atoms in total. The molecule has 0 saturated heterocycles. The molecule has 0 spiro atoms. The molecular formula is C8H14OS2. The highest BCUT2D eigenvalue weighted by Gasteiger charge is 2.17. The summed E-state index contributed by atoms with van der Waals surface area (Å²) in [4.78, 5) is 0. The molecule has 0 saturated carbocycles. The number of hydrogen-bond donors (Lipinski definition) is 1. The van der Waals surface area contributed by atoms with Crippen molar-refractivity contribution in [2.45, 2.75) is 19.4 Å². The normalized spacial score (nSPS) is 15.5. The van der Waals surface area contributed by atoms with E-state index in [1.54, 1.807) is 13.0 Å². The van der Waals surface area contributed by atoms with Crippen LogP contribution in [0.15, 0.2) is 12.7 Å². The maximum absolute atomic E-state index is 9.30. The number of thioether (sulfide) groups is 1. The van der Waals surface area contributed by atoms with Crippen LogP contribution in [0, 0.1) is 5.92 Å². The summed E-state index contributed by atoms with van der Waals surface area (Å²) >= 11 is 6.60. The molecule has 0 bridgehead atoms. The van der Waals surface area contributed by atoms with E-state index in [0.29, 0.717) is 0 Å². The molecule has 0 aliphatic heterocycles. The fourth-order valence-electron chi connectivity index (χ4n) is 0.821. The predicted molar refractivity (Wildman–Crippen MR) is 56.1 cm³/mol. The summed E-state index contributed by atoms with van der Waals surface area (Å²) in [6.45, 7) is 5.38. The molecule has 1 N–H and O–H groups in total. The van der Waals surface area contributed by atoms with E-state index in [9.17, 15) is 5.11 Å². The summed E-state index contributed by atoms with van der Waals surface area (Å²) in [6.07, 6.45) is 4.12. The van der Waals surface area contributed by atoms with Crippen molar-refractivity contribution in [3.63, 3.8) is 0 Å². The topological polar surface area (TPSA) is 20.2 Å². The minimum absolute atomic E-state index is 0.0810. The van der Waals surface area contributed by atoms with Gasteiger partial charge in [-0.2, -0.15) is 0 Å². The zero-order valence-electron chi connectivity index (χ0n) is 6.91. The van der Waals surface area contributed by atoms with Crippen LogP contribution in [0.1, 0.15) is 13.3 Å². The summed E-state index contributed by atoms with van der Waals surface area (Å²) in [7, 11) is 0. The van der Waals surface area contributed by atoms with Crippen molar-refractivity contribution >= 4 is 28.2 Å². The van der Waals surface area contributed by atoms with Crippen LogP contribution in [0.25, 0.3) is 0 Å². The number of rotatable bonds is 4. The molecule has 2 atom stereocenters. The zero-order valence-corrected chi connectivity index (χ0v) is 8.54. The first kappa shape index (κ1) is 11.1. The maximum Gasteiger partial charge on any atom is 0.0596 e. The van der Waals surface area contributed by atoms with Crippen molar-refractivity contribution in [2.24, 2.45) is 5.92 Å². The summed E-state index contributed by atoms with van der Waals surface area (Å²) in [6, 6.07) is 0. The van der Waals surface area contributed by atoms with Crippen LogP contribution in [-0.4, -0.2) is 21.7 Å². The van der Waals surface area contributed by atoms with Gasteiger partial charge in [0, 0.05) is 5.92 Å². The Bertz CT molecular complexity index is 143. The number of aliphatic hydroxyl groups excluding tert-OH is 1. The van der Waals surface area contributed by atoms with Gasteiger partial charge in [0.1, 0.15) is 0 Å². The van der Waals surface area contributed by atoms with E-state index < -0.39 is 0 Å². The number of thiocarbonyl (C=S) groups is 1. The number of hydrogen-bond acceptors (Lipinski definition) is 3. The lowest BCUT2D eigenvalue weighted by Gasteiger charge is -2.17. The molecular weight excluding hydrogens is 176 g/mol. The summed E-state index contributed by atoms with van der Waals surface area (Å²) in [5.41, 5.74) is 0. The van der Waals surface area contributed by atoms with Crippen molar-refractivity contribution in [1.82, 2.24) is 0 Å². The standard InChI is InChI=1S/C8H14OS2/c1-4-5-7(6(2)9)8(10)11-3/h4,6-7,9H,1,5H2,2-3H3/t6-,7+/m1/s1. The molecule has 64 valence electrons. The van der Waals surface area contributed by atoms with Gasteiger partial charge in [-0.05, 0) is 19.6 Å². The highest BCUT2D eigenvalue weighted by atomic mass is 32.2. The monoisotopic (exact) mass is 190 g/mol. The summed E-state index contributed by atoms with van der Waals surface area (Å²) in [5, 5.41) is 9.30. The lowest BCUT2D eigenvalue weighted by Crippen LogP contribution is -2.21. The van der Waals surface area contributed by atoms with Gasteiger partial charge >= 0.3 is 0 Å². The molecule has 0 heterocycles. The van der Waals surface area contributed by atoms with E-state index in [1.165, 1.54) is 11.8 Å². The Balaban J connectivity index is 4.08. The molecule has 0 fully saturated rings. The average Bonchev–Trinajstić information content (AvgIpc) is 1.98.